The van der Waals surface area contributed by atoms with E-state index in [4.69, 9.17) is 10.2 Å². The van der Waals surface area contributed by atoms with Crippen molar-refractivity contribution in [1.82, 2.24) is 0 Å². The molecule has 0 radical (unpaired) electrons. The van der Waals surface area contributed by atoms with Crippen LogP contribution in [0.25, 0.3) is 0 Å². The fraction of sp³-hybridized carbons (Fsp3) is 0.714. The van der Waals surface area contributed by atoms with E-state index in [1.54, 1.807) is 0 Å². The number of allylic oxidation sites excluding steroid dienone is 2. The molecule has 0 unspecified atom stereocenters. The lowest BCUT2D eigenvalue weighted by Gasteiger charge is -1.99. The van der Waals surface area contributed by atoms with Crippen molar-refractivity contribution in [3.8, 4) is 0 Å². The summed E-state index contributed by atoms with van der Waals surface area (Å²) in [6.07, 6.45) is 12.4. The maximum Gasteiger partial charge on any atom is 0.303 e. The first-order valence-corrected chi connectivity index (χ1v) is 6.71. The van der Waals surface area contributed by atoms with E-state index >= 15 is 0 Å². The summed E-state index contributed by atoms with van der Waals surface area (Å²) in [6, 6.07) is 0. The average Bonchev–Trinajstić information content (AvgIpc) is 2.29. The quantitative estimate of drug-likeness (QED) is 0.413. The molecule has 4 heteroatoms. The Morgan fingerprint density at radius 1 is 0.667 bits per heavy atom. The van der Waals surface area contributed by atoms with Crippen molar-refractivity contribution in [2.75, 3.05) is 0 Å². The molecule has 0 spiro atoms. The zero-order chi connectivity index (χ0) is 13.6. The second kappa shape index (κ2) is 12.1. The Kier molecular flexibility index (Phi) is 11.3. The molecule has 2 N–H and O–H groups in total. The largest absolute Gasteiger partial charge is 0.481 e. The van der Waals surface area contributed by atoms with E-state index in [0.717, 1.165) is 44.9 Å². The first-order chi connectivity index (χ1) is 8.63. The fourth-order valence-corrected chi connectivity index (χ4v) is 1.69. The molecule has 0 aliphatic carbocycles. The van der Waals surface area contributed by atoms with E-state index in [9.17, 15) is 9.59 Å². The Morgan fingerprint density at radius 2 is 1.17 bits per heavy atom. The third-order valence-corrected chi connectivity index (χ3v) is 2.70. The Labute approximate surface area is 109 Å². The maximum absolute atomic E-state index is 10.3. The molecular formula is C14H24O4. The fourth-order valence-electron chi connectivity index (χ4n) is 1.69. The predicted molar refractivity (Wildman–Crippen MR) is 70.6 cm³/mol. The van der Waals surface area contributed by atoms with Gasteiger partial charge in [0.2, 0.25) is 0 Å². The van der Waals surface area contributed by atoms with Gasteiger partial charge in [-0.15, -0.1) is 0 Å². The topological polar surface area (TPSA) is 74.6 Å². The highest BCUT2D eigenvalue weighted by atomic mass is 16.4. The standard InChI is InChI=1S/C14H24O4/c15-13(16)11-9-7-5-3-1-2-4-6-8-10-12-14(17)18/h5,7H,1-4,6,8-12H2,(H,15,16)(H,17,18). The molecule has 0 fully saturated rings. The Balaban J connectivity index is 3.11. The summed E-state index contributed by atoms with van der Waals surface area (Å²) >= 11 is 0. The first-order valence-electron chi connectivity index (χ1n) is 6.71. The molecule has 0 aromatic rings. The van der Waals surface area contributed by atoms with E-state index in [1.807, 2.05) is 12.2 Å². The SMILES string of the molecule is O=C(O)CCC=CCCCCCCCCC(=O)O. The number of hydrogen-bond donors (Lipinski definition) is 2. The lowest BCUT2D eigenvalue weighted by molar-refractivity contribution is -0.138. The van der Waals surface area contributed by atoms with Gasteiger partial charge in [-0.1, -0.05) is 37.8 Å². The van der Waals surface area contributed by atoms with Crippen molar-refractivity contribution in [1.29, 1.82) is 0 Å². The number of carbonyl (C=O) groups is 2. The molecule has 0 saturated carbocycles. The summed E-state index contributed by atoms with van der Waals surface area (Å²) in [5, 5.41) is 16.9. The van der Waals surface area contributed by atoms with Crippen LogP contribution < -0.4 is 0 Å². The predicted octanol–water partition coefficient (Wildman–Crippen LogP) is 3.61. The van der Waals surface area contributed by atoms with E-state index in [1.165, 1.54) is 0 Å². The highest BCUT2D eigenvalue weighted by Gasteiger charge is 1.96. The van der Waals surface area contributed by atoms with Crippen LogP contribution in [0.5, 0.6) is 0 Å². The van der Waals surface area contributed by atoms with Gasteiger partial charge in [-0.3, -0.25) is 9.59 Å². The van der Waals surface area contributed by atoms with Crippen LogP contribution >= 0.6 is 0 Å². The number of carboxylic acid groups (broad SMARTS) is 2. The molecule has 0 rings (SSSR count). The minimum atomic E-state index is -0.749. The van der Waals surface area contributed by atoms with Crippen molar-refractivity contribution in [2.24, 2.45) is 0 Å². The first kappa shape index (κ1) is 16.7. The van der Waals surface area contributed by atoms with E-state index in [0.29, 0.717) is 6.42 Å². The normalized spacial score (nSPS) is 10.9. The van der Waals surface area contributed by atoms with Crippen LogP contribution in [0, 0.1) is 0 Å². The molecule has 4 nitrogen and oxygen atoms in total. The van der Waals surface area contributed by atoms with Crippen molar-refractivity contribution in [3.05, 3.63) is 12.2 Å². The van der Waals surface area contributed by atoms with Crippen LogP contribution in [0.4, 0.5) is 0 Å². The van der Waals surface area contributed by atoms with Crippen molar-refractivity contribution in [3.63, 3.8) is 0 Å². The zero-order valence-corrected chi connectivity index (χ0v) is 10.9. The van der Waals surface area contributed by atoms with Gasteiger partial charge in [0.1, 0.15) is 0 Å². The van der Waals surface area contributed by atoms with Gasteiger partial charge in [-0.25, -0.2) is 0 Å². The molecule has 18 heavy (non-hydrogen) atoms. The Hall–Kier alpha value is -1.32. The van der Waals surface area contributed by atoms with Gasteiger partial charge in [0.25, 0.3) is 0 Å². The summed E-state index contributed by atoms with van der Waals surface area (Å²) in [4.78, 5) is 20.5. The summed E-state index contributed by atoms with van der Waals surface area (Å²) in [6.45, 7) is 0. The van der Waals surface area contributed by atoms with Crippen LogP contribution in [0.1, 0.15) is 64.2 Å². The van der Waals surface area contributed by atoms with Gasteiger partial charge in [0, 0.05) is 12.8 Å². The zero-order valence-electron chi connectivity index (χ0n) is 10.9. The third-order valence-electron chi connectivity index (χ3n) is 2.70. The number of aliphatic carboxylic acids is 2. The van der Waals surface area contributed by atoms with Crippen LogP contribution in [0.3, 0.4) is 0 Å². The van der Waals surface area contributed by atoms with E-state index in [2.05, 4.69) is 0 Å². The van der Waals surface area contributed by atoms with Crippen molar-refractivity contribution in [2.45, 2.75) is 64.2 Å². The van der Waals surface area contributed by atoms with E-state index in [-0.39, 0.29) is 12.8 Å². The molecule has 0 aromatic heterocycles. The molecule has 0 saturated heterocycles. The van der Waals surface area contributed by atoms with Crippen molar-refractivity contribution < 1.29 is 19.8 Å². The van der Waals surface area contributed by atoms with Gasteiger partial charge in [0.05, 0.1) is 0 Å². The smallest absolute Gasteiger partial charge is 0.303 e. The Morgan fingerprint density at radius 3 is 1.78 bits per heavy atom. The second-order valence-electron chi connectivity index (χ2n) is 4.46. The number of rotatable bonds is 12. The molecule has 0 aliphatic rings. The van der Waals surface area contributed by atoms with Gasteiger partial charge < -0.3 is 10.2 Å². The summed E-state index contributed by atoms with van der Waals surface area (Å²) in [7, 11) is 0. The molecule has 0 atom stereocenters. The summed E-state index contributed by atoms with van der Waals surface area (Å²) < 4.78 is 0. The average molecular weight is 256 g/mol. The summed E-state index contributed by atoms with van der Waals surface area (Å²) in [5.74, 6) is -1.46. The lowest BCUT2D eigenvalue weighted by atomic mass is 10.1. The monoisotopic (exact) mass is 256 g/mol. The molecule has 0 bridgehead atoms. The highest BCUT2D eigenvalue weighted by Crippen LogP contribution is 2.09. The molecule has 0 heterocycles. The maximum atomic E-state index is 10.3. The van der Waals surface area contributed by atoms with Gasteiger partial charge in [-0.05, 0) is 25.7 Å². The minimum absolute atomic E-state index is 0.208. The summed E-state index contributed by atoms with van der Waals surface area (Å²) in [5.41, 5.74) is 0. The van der Waals surface area contributed by atoms with Crippen LogP contribution in [-0.2, 0) is 9.59 Å². The minimum Gasteiger partial charge on any atom is -0.481 e. The highest BCUT2D eigenvalue weighted by molar-refractivity contribution is 5.66. The van der Waals surface area contributed by atoms with Crippen LogP contribution in [-0.4, -0.2) is 22.2 Å². The molecule has 104 valence electrons. The number of unbranched alkanes of at least 4 members (excludes halogenated alkanes) is 6. The number of carboxylic acids is 2. The van der Waals surface area contributed by atoms with Gasteiger partial charge in [0.15, 0.2) is 0 Å². The molecule has 0 aliphatic heterocycles. The molecule has 0 amide bonds. The van der Waals surface area contributed by atoms with Gasteiger partial charge >= 0.3 is 11.9 Å². The van der Waals surface area contributed by atoms with Crippen LogP contribution in [0.15, 0.2) is 12.2 Å². The molecule has 0 aromatic carbocycles. The molecular weight excluding hydrogens is 232 g/mol. The van der Waals surface area contributed by atoms with Crippen molar-refractivity contribution >= 4 is 11.9 Å². The van der Waals surface area contributed by atoms with E-state index < -0.39 is 11.9 Å². The Bertz CT molecular complexity index is 259. The third kappa shape index (κ3) is 14.7. The second-order valence-corrected chi connectivity index (χ2v) is 4.46. The van der Waals surface area contributed by atoms with Gasteiger partial charge in [-0.2, -0.15) is 0 Å². The number of hydrogen-bond acceptors (Lipinski definition) is 2. The lowest BCUT2D eigenvalue weighted by Crippen LogP contribution is -1.93. The van der Waals surface area contributed by atoms with Crippen LogP contribution in [0.2, 0.25) is 0 Å².